The Morgan fingerprint density at radius 1 is 1.35 bits per heavy atom. The standard InChI is InChI=1S/C18H30N2/c1-6-7-15-11-16(18(3,4)5)17(20-13(15)2)10-14-8-9-19-12-14/h11,14,19H,6-10,12H2,1-5H3. The maximum Gasteiger partial charge on any atom is 0.0447 e. The highest BCUT2D eigenvalue weighted by Crippen LogP contribution is 2.29. The van der Waals surface area contributed by atoms with E-state index in [1.807, 2.05) is 0 Å². The number of nitrogens with one attached hydrogen (secondary N) is 1. The predicted molar refractivity (Wildman–Crippen MR) is 86.3 cm³/mol. The molecule has 2 heterocycles. The Morgan fingerprint density at radius 2 is 2.10 bits per heavy atom. The van der Waals surface area contributed by atoms with Crippen LogP contribution in [0.5, 0.6) is 0 Å². The number of rotatable bonds is 4. The largest absolute Gasteiger partial charge is 0.316 e. The molecule has 1 unspecified atom stereocenters. The van der Waals surface area contributed by atoms with Crippen LogP contribution in [-0.2, 0) is 18.3 Å². The molecule has 2 heteroatoms. The lowest BCUT2D eigenvalue weighted by molar-refractivity contribution is 0.534. The first-order valence-corrected chi connectivity index (χ1v) is 8.12. The van der Waals surface area contributed by atoms with Gasteiger partial charge in [-0.15, -0.1) is 0 Å². The van der Waals surface area contributed by atoms with Crippen molar-refractivity contribution >= 4 is 0 Å². The number of hydrogen-bond acceptors (Lipinski definition) is 2. The third-order valence-electron chi connectivity index (χ3n) is 4.37. The number of hydrogen-bond donors (Lipinski definition) is 1. The van der Waals surface area contributed by atoms with Gasteiger partial charge in [0.15, 0.2) is 0 Å². The number of nitrogens with zero attached hydrogens (tertiary/aromatic N) is 1. The van der Waals surface area contributed by atoms with Crippen molar-refractivity contribution in [1.82, 2.24) is 10.3 Å². The van der Waals surface area contributed by atoms with Gasteiger partial charge in [-0.2, -0.15) is 0 Å². The Bertz CT molecular complexity index is 451. The van der Waals surface area contributed by atoms with E-state index in [-0.39, 0.29) is 5.41 Å². The van der Waals surface area contributed by atoms with Crippen LogP contribution in [0.1, 0.15) is 63.1 Å². The lowest BCUT2D eigenvalue weighted by Gasteiger charge is -2.25. The minimum absolute atomic E-state index is 0.185. The van der Waals surface area contributed by atoms with Gasteiger partial charge in [0.05, 0.1) is 0 Å². The Kier molecular flexibility index (Phi) is 4.85. The van der Waals surface area contributed by atoms with Crippen LogP contribution in [0, 0.1) is 12.8 Å². The van der Waals surface area contributed by atoms with Gasteiger partial charge in [-0.1, -0.05) is 40.2 Å². The lowest BCUT2D eigenvalue weighted by Crippen LogP contribution is -2.20. The Hall–Kier alpha value is -0.890. The maximum atomic E-state index is 4.99. The molecule has 2 rings (SSSR count). The van der Waals surface area contributed by atoms with Gasteiger partial charge in [0.25, 0.3) is 0 Å². The molecule has 1 aliphatic rings. The van der Waals surface area contributed by atoms with E-state index >= 15 is 0 Å². The van der Waals surface area contributed by atoms with E-state index < -0.39 is 0 Å². The zero-order valence-electron chi connectivity index (χ0n) is 13.8. The highest BCUT2D eigenvalue weighted by molar-refractivity contribution is 5.35. The summed E-state index contributed by atoms with van der Waals surface area (Å²) in [5, 5.41) is 3.47. The van der Waals surface area contributed by atoms with Crippen molar-refractivity contribution in [1.29, 1.82) is 0 Å². The SMILES string of the molecule is CCCc1cc(C(C)(C)C)c(CC2CCNC2)nc1C. The molecule has 0 amide bonds. The average Bonchev–Trinajstić information content (AvgIpc) is 2.84. The molecule has 0 radical (unpaired) electrons. The van der Waals surface area contributed by atoms with Crippen LogP contribution in [-0.4, -0.2) is 18.1 Å². The van der Waals surface area contributed by atoms with E-state index in [4.69, 9.17) is 4.98 Å². The first-order valence-electron chi connectivity index (χ1n) is 8.12. The molecule has 112 valence electrons. The number of aromatic nitrogens is 1. The molecule has 2 nitrogen and oxygen atoms in total. The molecule has 1 N–H and O–H groups in total. The van der Waals surface area contributed by atoms with Gasteiger partial charge in [-0.25, -0.2) is 0 Å². The van der Waals surface area contributed by atoms with Gasteiger partial charge in [0.2, 0.25) is 0 Å². The zero-order valence-corrected chi connectivity index (χ0v) is 13.8. The van der Waals surface area contributed by atoms with E-state index in [0.717, 1.165) is 25.3 Å². The van der Waals surface area contributed by atoms with Crippen molar-refractivity contribution in [2.75, 3.05) is 13.1 Å². The first kappa shape index (κ1) is 15.5. The summed E-state index contributed by atoms with van der Waals surface area (Å²) in [6.07, 6.45) is 4.76. The van der Waals surface area contributed by atoms with Crippen molar-refractivity contribution < 1.29 is 0 Å². The number of pyridine rings is 1. The molecule has 1 aromatic rings. The topological polar surface area (TPSA) is 24.9 Å². The van der Waals surface area contributed by atoms with Crippen LogP contribution in [0.25, 0.3) is 0 Å². The minimum atomic E-state index is 0.185. The fourth-order valence-electron chi connectivity index (χ4n) is 3.19. The second-order valence-electron chi connectivity index (χ2n) is 7.29. The van der Waals surface area contributed by atoms with Crippen LogP contribution in [0.2, 0.25) is 0 Å². The summed E-state index contributed by atoms with van der Waals surface area (Å²) in [7, 11) is 0. The smallest absolute Gasteiger partial charge is 0.0447 e. The van der Waals surface area contributed by atoms with Crippen LogP contribution in [0.4, 0.5) is 0 Å². The summed E-state index contributed by atoms with van der Waals surface area (Å²) in [6.45, 7) is 13.7. The molecule has 1 fully saturated rings. The molecule has 1 saturated heterocycles. The van der Waals surface area contributed by atoms with Crippen molar-refractivity contribution in [2.45, 2.75) is 65.7 Å². The second kappa shape index (κ2) is 6.26. The van der Waals surface area contributed by atoms with Crippen LogP contribution >= 0.6 is 0 Å². The molecule has 1 atom stereocenters. The average molecular weight is 274 g/mol. The van der Waals surface area contributed by atoms with Crippen LogP contribution in [0.15, 0.2) is 6.07 Å². The Balaban J connectivity index is 2.34. The van der Waals surface area contributed by atoms with Crippen LogP contribution in [0.3, 0.4) is 0 Å². The third-order valence-corrected chi connectivity index (χ3v) is 4.37. The van der Waals surface area contributed by atoms with Gasteiger partial charge in [0, 0.05) is 11.4 Å². The molecule has 0 spiro atoms. The van der Waals surface area contributed by atoms with Crippen LogP contribution < -0.4 is 5.32 Å². The zero-order chi connectivity index (χ0) is 14.8. The second-order valence-corrected chi connectivity index (χ2v) is 7.29. The lowest BCUT2D eigenvalue weighted by atomic mass is 9.82. The normalized spacial score (nSPS) is 19.6. The molecule has 1 aromatic heterocycles. The van der Waals surface area contributed by atoms with Gasteiger partial charge < -0.3 is 5.32 Å². The Morgan fingerprint density at radius 3 is 2.65 bits per heavy atom. The van der Waals surface area contributed by atoms with E-state index in [2.05, 4.69) is 46.0 Å². The highest BCUT2D eigenvalue weighted by atomic mass is 14.9. The molecule has 0 bridgehead atoms. The van der Waals surface area contributed by atoms with Crippen molar-refractivity contribution in [3.05, 3.63) is 28.6 Å². The van der Waals surface area contributed by atoms with Gasteiger partial charge in [0.1, 0.15) is 0 Å². The van der Waals surface area contributed by atoms with Gasteiger partial charge in [-0.05, 0) is 61.7 Å². The van der Waals surface area contributed by atoms with E-state index in [1.54, 1.807) is 0 Å². The summed E-state index contributed by atoms with van der Waals surface area (Å²) in [5.41, 5.74) is 5.65. The van der Waals surface area contributed by atoms with Crippen molar-refractivity contribution in [3.8, 4) is 0 Å². The first-order chi connectivity index (χ1) is 9.41. The Labute approximate surface area is 124 Å². The fourth-order valence-corrected chi connectivity index (χ4v) is 3.19. The molecular formula is C18H30N2. The highest BCUT2D eigenvalue weighted by Gasteiger charge is 2.24. The number of aryl methyl sites for hydroxylation is 2. The molecule has 0 aliphatic carbocycles. The monoisotopic (exact) mass is 274 g/mol. The minimum Gasteiger partial charge on any atom is -0.316 e. The van der Waals surface area contributed by atoms with Gasteiger partial charge >= 0.3 is 0 Å². The van der Waals surface area contributed by atoms with E-state index in [9.17, 15) is 0 Å². The molecule has 0 saturated carbocycles. The summed E-state index contributed by atoms with van der Waals surface area (Å²) >= 11 is 0. The summed E-state index contributed by atoms with van der Waals surface area (Å²) in [6, 6.07) is 2.43. The van der Waals surface area contributed by atoms with E-state index in [0.29, 0.717) is 0 Å². The summed E-state index contributed by atoms with van der Waals surface area (Å²) < 4.78 is 0. The van der Waals surface area contributed by atoms with Crippen molar-refractivity contribution in [2.24, 2.45) is 5.92 Å². The fraction of sp³-hybridized carbons (Fsp3) is 0.722. The predicted octanol–water partition coefficient (Wildman–Crippen LogP) is 3.79. The summed E-state index contributed by atoms with van der Waals surface area (Å²) in [5.74, 6) is 0.764. The quantitative estimate of drug-likeness (QED) is 0.903. The van der Waals surface area contributed by atoms with E-state index in [1.165, 1.54) is 41.9 Å². The summed E-state index contributed by atoms with van der Waals surface area (Å²) in [4.78, 5) is 4.99. The third kappa shape index (κ3) is 3.60. The molecule has 0 aromatic carbocycles. The van der Waals surface area contributed by atoms with Gasteiger partial charge in [-0.3, -0.25) is 4.98 Å². The molecule has 1 aliphatic heterocycles. The molecule has 20 heavy (non-hydrogen) atoms. The molecular weight excluding hydrogens is 244 g/mol. The van der Waals surface area contributed by atoms with Crippen molar-refractivity contribution in [3.63, 3.8) is 0 Å². The maximum absolute atomic E-state index is 4.99.